The molecule has 1 fully saturated rings. The second-order valence-corrected chi connectivity index (χ2v) is 9.94. The van der Waals surface area contributed by atoms with Gasteiger partial charge in [-0.15, -0.1) is 11.3 Å². The van der Waals surface area contributed by atoms with E-state index in [-0.39, 0.29) is 16.8 Å². The Balaban J connectivity index is 1.52. The molecule has 132 valence electrons. The molecule has 1 aromatic heterocycles. The van der Waals surface area contributed by atoms with E-state index in [4.69, 9.17) is 0 Å². The van der Waals surface area contributed by atoms with E-state index in [1.807, 2.05) is 12.1 Å². The summed E-state index contributed by atoms with van der Waals surface area (Å²) >= 11 is 4.92. The molecule has 1 aliphatic rings. The van der Waals surface area contributed by atoms with Gasteiger partial charge in [-0.25, -0.2) is 13.1 Å². The zero-order valence-corrected chi connectivity index (χ0v) is 16.5. The van der Waals surface area contributed by atoms with Gasteiger partial charge >= 0.3 is 0 Å². The first-order chi connectivity index (χ1) is 11.9. The van der Waals surface area contributed by atoms with Crippen molar-refractivity contribution < 1.29 is 13.2 Å². The molecule has 1 saturated carbocycles. The number of rotatable bonds is 7. The Bertz CT molecular complexity index is 885. The predicted molar refractivity (Wildman–Crippen MR) is 103 cm³/mol. The van der Waals surface area contributed by atoms with E-state index in [0.29, 0.717) is 6.54 Å². The Hall–Kier alpha value is -1.48. The van der Waals surface area contributed by atoms with Gasteiger partial charge in [0.2, 0.25) is 15.9 Å². The van der Waals surface area contributed by atoms with E-state index >= 15 is 0 Å². The van der Waals surface area contributed by atoms with E-state index in [0.717, 1.165) is 27.1 Å². The molecule has 0 aliphatic heterocycles. The minimum atomic E-state index is -3.43. The van der Waals surface area contributed by atoms with E-state index in [1.54, 1.807) is 41.7 Å². The van der Waals surface area contributed by atoms with Gasteiger partial charge in [-0.1, -0.05) is 12.1 Å². The molecule has 1 heterocycles. The van der Waals surface area contributed by atoms with E-state index in [9.17, 15) is 13.2 Å². The van der Waals surface area contributed by atoms with Gasteiger partial charge < -0.3 is 5.32 Å². The second-order valence-electron chi connectivity index (χ2n) is 5.73. The molecule has 2 aromatic rings. The summed E-state index contributed by atoms with van der Waals surface area (Å²) in [5, 5.41) is 2.78. The topological polar surface area (TPSA) is 75.3 Å². The lowest BCUT2D eigenvalue weighted by atomic mass is 10.2. The van der Waals surface area contributed by atoms with Crippen LogP contribution in [0, 0.1) is 0 Å². The number of carbonyl (C=O) groups excluding carboxylic acids is 1. The molecule has 1 aliphatic carbocycles. The molecule has 25 heavy (non-hydrogen) atoms. The lowest BCUT2D eigenvalue weighted by Gasteiger charge is -2.07. The number of halogens is 1. The molecule has 8 heteroatoms. The summed E-state index contributed by atoms with van der Waals surface area (Å²) in [6.45, 7) is 0.341. The lowest BCUT2D eigenvalue weighted by molar-refractivity contribution is -0.116. The van der Waals surface area contributed by atoms with Crippen LogP contribution in [0.25, 0.3) is 6.08 Å². The van der Waals surface area contributed by atoms with Crippen LogP contribution in [0.1, 0.15) is 23.3 Å². The van der Waals surface area contributed by atoms with Gasteiger partial charge in [0.15, 0.2) is 0 Å². The number of hydrogen-bond acceptors (Lipinski definition) is 4. The smallest absolute Gasteiger partial charge is 0.244 e. The van der Waals surface area contributed by atoms with Crippen molar-refractivity contribution in [3.05, 3.63) is 56.7 Å². The zero-order valence-electron chi connectivity index (χ0n) is 13.2. The van der Waals surface area contributed by atoms with Crippen molar-refractivity contribution in [2.24, 2.45) is 0 Å². The molecule has 0 spiro atoms. The fraction of sp³-hybridized carbons (Fsp3) is 0.235. The molecule has 0 saturated heterocycles. The minimum absolute atomic E-state index is 0.0831. The van der Waals surface area contributed by atoms with Gasteiger partial charge in [0.25, 0.3) is 0 Å². The molecular weight excluding hydrogens is 424 g/mol. The molecule has 1 amide bonds. The monoisotopic (exact) mass is 440 g/mol. The van der Waals surface area contributed by atoms with Crippen molar-refractivity contribution in [2.75, 3.05) is 0 Å². The highest BCUT2D eigenvalue weighted by Crippen LogP contribution is 2.23. The van der Waals surface area contributed by atoms with Crippen LogP contribution in [0.15, 0.2) is 51.2 Å². The number of amides is 1. The average Bonchev–Trinajstić information content (AvgIpc) is 3.29. The van der Waals surface area contributed by atoms with Crippen molar-refractivity contribution in [1.82, 2.24) is 10.0 Å². The van der Waals surface area contributed by atoms with Gasteiger partial charge in [-0.05, 0) is 64.7 Å². The average molecular weight is 441 g/mol. The number of benzene rings is 1. The molecular formula is C17H17BrN2O3S2. The largest absolute Gasteiger partial charge is 0.348 e. The standard InChI is InChI=1S/C17H17BrN2O3S2/c18-16-9-5-14(24-16)6-10-17(21)19-11-12-1-7-15(8-2-12)25(22,23)20-13-3-4-13/h1-2,5-10,13,20H,3-4,11H2,(H,19,21)/b10-6+. The number of carbonyl (C=O) groups is 1. The molecule has 3 rings (SSSR count). The first-order valence-corrected chi connectivity index (χ1v) is 10.8. The minimum Gasteiger partial charge on any atom is -0.348 e. The van der Waals surface area contributed by atoms with Gasteiger partial charge in [0, 0.05) is 23.5 Å². The van der Waals surface area contributed by atoms with Crippen molar-refractivity contribution >= 4 is 49.3 Å². The van der Waals surface area contributed by atoms with Crippen LogP contribution < -0.4 is 10.0 Å². The SMILES string of the molecule is O=C(/C=C/c1ccc(Br)s1)NCc1ccc(S(=O)(=O)NC2CC2)cc1. The third-order valence-corrected chi connectivity index (χ3v) is 6.72. The normalized spacial score (nSPS) is 14.8. The Morgan fingerprint density at radius 1 is 1.20 bits per heavy atom. The summed E-state index contributed by atoms with van der Waals surface area (Å²) < 4.78 is 27.8. The number of sulfonamides is 1. The molecule has 0 bridgehead atoms. The van der Waals surface area contributed by atoms with Crippen LogP contribution in [0.3, 0.4) is 0 Å². The maximum Gasteiger partial charge on any atom is 0.244 e. The van der Waals surface area contributed by atoms with Crippen molar-refractivity contribution in [3.63, 3.8) is 0 Å². The van der Waals surface area contributed by atoms with E-state index < -0.39 is 10.0 Å². The Morgan fingerprint density at radius 3 is 2.52 bits per heavy atom. The van der Waals surface area contributed by atoms with Gasteiger partial charge in [0.05, 0.1) is 8.68 Å². The molecule has 0 atom stereocenters. The number of nitrogens with one attached hydrogen (secondary N) is 2. The summed E-state index contributed by atoms with van der Waals surface area (Å²) in [4.78, 5) is 13.1. The summed E-state index contributed by atoms with van der Waals surface area (Å²) in [5.41, 5.74) is 0.839. The van der Waals surface area contributed by atoms with Crippen molar-refractivity contribution in [3.8, 4) is 0 Å². The van der Waals surface area contributed by atoms with Crippen LogP contribution in [-0.2, 0) is 21.4 Å². The Morgan fingerprint density at radius 2 is 1.92 bits per heavy atom. The highest BCUT2D eigenvalue weighted by molar-refractivity contribution is 9.11. The van der Waals surface area contributed by atoms with Crippen LogP contribution in [0.5, 0.6) is 0 Å². The molecule has 0 radical (unpaired) electrons. The molecule has 5 nitrogen and oxygen atoms in total. The third kappa shape index (κ3) is 5.50. The first-order valence-electron chi connectivity index (χ1n) is 7.75. The second kappa shape index (κ2) is 7.82. The maximum atomic E-state index is 12.1. The van der Waals surface area contributed by atoms with E-state index in [2.05, 4.69) is 26.0 Å². The Labute approximate surface area is 159 Å². The van der Waals surface area contributed by atoms with Crippen LogP contribution in [-0.4, -0.2) is 20.4 Å². The number of thiophene rings is 1. The van der Waals surface area contributed by atoms with Gasteiger partial charge in [-0.3, -0.25) is 4.79 Å². The number of hydrogen-bond donors (Lipinski definition) is 2. The van der Waals surface area contributed by atoms with Crippen LogP contribution in [0.2, 0.25) is 0 Å². The highest BCUT2D eigenvalue weighted by Gasteiger charge is 2.27. The lowest BCUT2D eigenvalue weighted by Crippen LogP contribution is -2.25. The fourth-order valence-electron chi connectivity index (χ4n) is 2.10. The van der Waals surface area contributed by atoms with Crippen molar-refractivity contribution in [1.29, 1.82) is 0 Å². The molecule has 2 N–H and O–H groups in total. The van der Waals surface area contributed by atoms with E-state index in [1.165, 1.54) is 6.08 Å². The quantitative estimate of drug-likeness (QED) is 0.648. The predicted octanol–water partition coefficient (Wildman–Crippen LogP) is 3.28. The fourth-order valence-corrected chi connectivity index (χ4v) is 4.73. The summed E-state index contributed by atoms with van der Waals surface area (Å²) in [6, 6.07) is 10.5. The third-order valence-electron chi connectivity index (χ3n) is 3.59. The van der Waals surface area contributed by atoms with Crippen LogP contribution >= 0.6 is 27.3 Å². The van der Waals surface area contributed by atoms with Crippen molar-refractivity contribution in [2.45, 2.75) is 30.3 Å². The van der Waals surface area contributed by atoms with Gasteiger partial charge in [-0.2, -0.15) is 0 Å². The van der Waals surface area contributed by atoms with Gasteiger partial charge in [0.1, 0.15) is 0 Å². The summed E-state index contributed by atoms with van der Waals surface area (Å²) in [7, 11) is -3.43. The first kappa shape index (κ1) is 18.3. The Kier molecular flexibility index (Phi) is 5.73. The summed E-state index contributed by atoms with van der Waals surface area (Å²) in [5.74, 6) is -0.198. The molecule has 1 aromatic carbocycles. The molecule has 0 unspecified atom stereocenters. The highest BCUT2D eigenvalue weighted by atomic mass is 79.9. The zero-order chi connectivity index (χ0) is 17.9. The summed E-state index contributed by atoms with van der Waals surface area (Å²) in [6.07, 6.45) is 5.04. The van der Waals surface area contributed by atoms with Crippen LogP contribution in [0.4, 0.5) is 0 Å². The maximum absolute atomic E-state index is 12.1.